The highest BCUT2D eigenvalue weighted by atomic mass is 19.3. The van der Waals surface area contributed by atoms with E-state index in [-0.39, 0.29) is 30.1 Å². The maximum atomic E-state index is 12.7. The molecule has 1 aromatic carbocycles. The summed E-state index contributed by atoms with van der Waals surface area (Å²) >= 11 is 0. The Hall–Kier alpha value is -2.42. The van der Waals surface area contributed by atoms with Crippen LogP contribution >= 0.6 is 0 Å². The molecule has 1 saturated heterocycles. The molecule has 146 valence electrons. The van der Waals surface area contributed by atoms with Gasteiger partial charge in [0, 0.05) is 24.4 Å². The summed E-state index contributed by atoms with van der Waals surface area (Å²) in [6, 6.07) is 4.73. The van der Waals surface area contributed by atoms with Gasteiger partial charge in [-0.25, -0.2) is 0 Å². The van der Waals surface area contributed by atoms with E-state index in [1.54, 1.807) is 12.1 Å². The third kappa shape index (κ3) is 4.29. The van der Waals surface area contributed by atoms with Crippen LogP contribution in [0.25, 0.3) is 0 Å². The topological polar surface area (TPSA) is 78.4 Å². The number of carbonyl (C=O) groups excluding carboxylic acids is 1. The van der Waals surface area contributed by atoms with Gasteiger partial charge in [-0.3, -0.25) is 4.79 Å². The van der Waals surface area contributed by atoms with Crippen LogP contribution in [0.15, 0.2) is 23.4 Å². The monoisotopic (exact) mass is 382 g/mol. The second kappa shape index (κ2) is 7.30. The van der Waals surface area contributed by atoms with Crippen LogP contribution in [-0.2, 0) is 14.4 Å². The summed E-state index contributed by atoms with van der Waals surface area (Å²) in [7, 11) is 0. The Morgan fingerprint density at radius 2 is 2.22 bits per heavy atom. The van der Waals surface area contributed by atoms with E-state index in [0.29, 0.717) is 30.9 Å². The molecule has 1 aliphatic carbocycles. The van der Waals surface area contributed by atoms with Crippen molar-refractivity contribution < 1.29 is 32.6 Å². The molecule has 1 N–H and O–H groups in total. The third-order valence-corrected chi connectivity index (χ3v) is 4.70. The van der Waals surface area contributed by atoms with Crippen LogP contribution in [0.1, 0.15) is 31.2 Å². The van der Waals surface area contributed by atoms with Gasteiger partial charge in [-0.1, -0.05) is 5.16 Å². The Labute approximate surface area is 154 Å². The highest BCUT2D eigenvalue weighted by molar-refractivity contribution is 6.02. The van der Waals surface area contributed by atoms with Crippen LogP contribution in [0.5, 0.6) is 11.5 Å². The van der Waals surface area contributed by atoms with Crippen LogP contribution in [0.3, 0.4) is 0 Å². The Kier molecular flexibility index (Phi) is 4.86. The van der Waals surface area contributed by atoms with Crippen LogP contribution in [0.2, 0.25) is 0 Å². The number of benzene rings is 1. The lowest BCUT2D eigenvalue weighted by molar-refractivity contribution is -0.123. The molecule has 1 unspecified atom stereocenters. The first kappa shape index (κ1) is 18.0. The lowest BCUT2D eigenvalue weighted by atomic mass is 9.93. The number of nitrogens with one attached hydrogen (secondary N) is 1. The van der Waals surface area contributed by atoms with Gasteiger partial charge in [-0.2, -0.15) is 8.78 Å². The van der Waals surface area contributed by atoms with E-state index in [4.69, 9.17) is 14.3 Å². The van der Waals surface area contributed by atoms with E-state index >= 15 is 0 Å². The lowest BCUT2D eigenvalue weighted by Crippen LogP contribution is -2.30. The number of oxime groups is 1. The number of rotatable bonds is 7. The highest BCUT2D eigenvalue weighted by Gasteiger charge is 2.43. The zero-order valence-electron chi connectivity index (χ0n) is 14.6. The van der Waals surface area contributed by atoms with E-state index in [2.05, 4.69) is 15.2 Å². The number of nitrogens with zero attached hydrogens (tertiary/aromatic N) is 1. The number of hydrogen-bond acceptors (Lipinski definition) is 6. The normalized spacial score (nSPS) is 24.0. The van der Waals surface area contributed by atoms with Gasteiger partial charge in [0.05, 0.1) is 18.9 Å². The molecule has 1 amide bonds. The van der Waals surface area contributed by atoms with Crippen molar-refractivity contribution in [2.45, 2.75) is 43.9 Å². The molecule has 1 saturated carbocycles. The number of carbonyl (C=O) groups is 1. The maximum Gasteiger partial charge on any atom is 0.387 e. The van der Waals surface area contributed by atoms with Crippen molar-refractivity contribution in [3.8, 4) is 11.5 Å². The largest absolute Gasteiger partial charge is 0.480 e. The van der Waals surface area contributed by atoms with Crippen LogP contribution in [-0.4, -0.2) is 49.7 Å². The standard InChI is InChI=1S/C18H20F2N2O5/c19-17(20)26-14-4-1-11(13-8-18(27-22-13)5-6-24-10-18)7-15(14)25-9-16(23)21-12-2-3-12/h1,4,7,12,17H,2-3,5-6,8-10H2,(H,21,23). The number of halogens is 2. The van der Waals surface area contributed by atoms with Crippen molar-refractivity contribution in [1.82, 2.24) is 5.32 Å². The fourth-order valence-electron chi connectivity index (χ4n) is 3.11. The molecule has 1 spiro atoms. The minimum atomic E-state index is -3.00. The van der Waals surface area contributed by atoms with Gasteiger partial charge in [0.25, 0.3) is 5.91 Å². The summed E-state index contributed by atoms with van der Waals surface area (Å²) in [5.74, 6) is -0.369. The molecule has 27 heavy (non-hydrogen) atoms. The van der Waals surface area contributed by atoms with Gasteiger partial charge in [0.2, 0.25) is 0 Å². The molecule has 0 bridgehead atoms. The fourth-order valence-corrected chi connectivity index (χ4v) is 3.11. The molecule has 3 aliphatic rings. The second-order valence-electron chi connectivity index (χ2n) is 6.96. The number of hydrogen-bond donors (Lipinski definition) is 1. The summed E-state index contributed by atoms with van der Waals surface area (Å²) in [5.41, 5.74) is 0.896. The Balaban J connectivity index is 1.48. The Morgan fingerprint density at radius 3 is 2.93 bits per heavy atom. The molecular weight excluding hydrogens is 362 g/mol. The average Bonchev–Trinajstić information content (AvgIpc) is 3.17. The minimum absolute atomic E-state index is 0.0602. The summed E-state index contributed by atoms with van der Waals surface area (Å²) < 4.78 is 40.7. The second-order valence-corrected chi connectivity index (χ2v) is 6.96. The first-order valence-electron chi connectivity index (χ1n) is 8.87. The van der Waals surface area contributed by atoms with Gasteiger partial charge in [0.1, 0.15) is 0 Å². The molecule has 0 aromatic heterocycles. The minimum Gasteiger partial charge on any atom is -0.480 e. The molecule has 2 heterocycles. The van der Waals surface area contributed by atoms with E-state index in [0.717, 1.165) is 19.3 Å². The predicted octanol–water partition coefficient (Wildman–Crippen LogP) is 2.23. The summed E-state index contributed by atoms with van der Waals surface area (Å²) in [5, 5.41) is 6.91. The molecule has 7 nitrogen and oxygen atoms in total. The zero-order valence-corrected chi connectivity index (χ0v) is 14.6. The molecule has 2 fully saturated rings. The molecule has 1 atom stereocenters. The third-order valence-electron chi connectivity index (χ3n) is 4.70. The first-order valence-corrected chi connectivity index (χ1v) is 8.87. The van der Waals surface area contributed by atoms with Crippen molar-refractivity contribution in [3.05, 3.63) is 23.8 Å². The van der Waals surface area contributed by atoms with Gasteiger partial charge >= 0.3 is 6.61 Å². The van der Waals surface area contributed by atoms with E-state index in [1.165, 1.54) is 6.07 Å². The van der Waals surface area contributed by atoms with Crippen LogP contribution < -0.4 is 14.8 Å². The lowest BCUT2D eigenvalue weighted by Gasteiger charge is -2.17. The van der Waals surface area contributed by atoms with Gasteiger partial charge in [-0.15, -0.1) is 0 Å². The zero-order chi connectivity index (χ0) is 18.9. The number of alkyl halides is 2. The van der Waals surface area contributed by atoms with E-state index in [1.807, 2.05) is 0 Å². The number of ether oxygens (including phenoxy) is 3. The summed E-state index contributed by atoms with van der Waals surface area (Å²) in [4.78, 5) is 17.4. The van der Waals surface area contributed by atoms with Crippen molar-refractivity contribution in [2.75, 3.05) is 19.8 Å². The van der Waals surface area contributed by atoms with Crippen molar-refractivity contribution in [3.63, 3.8) is 0 Å². The Bertz CT molecular complexity index is 745. The van der Waals surface area contributed by atoms with Crippen LogP contribution in [0.4, 0.5) is 8.78 Å². The van der Waals surface area contributed by atoms with Gasteiger partial charge in [-0.05, 0) is 31.0 Å². The van der Waals surface area contributed by atoms with Crippen molar-refractivity contribution in [2.24, 2.45) is 5.16 Å². The van der Waals surface area contributed by atoms with Crippen molar-refractivity contribution in [1.29, 1.82) is 0 Å². The molecule has 2 aliphatic heterocycles. The summed E-state index contributed by atoms with van der Waals surface area (Å²) in [6.45, 7) is -2.18. The molecule has 1 aromatic rings. The highest BCUT2D eigenvalue weighted by Crippen LogP contribution is 2.36. The van der Waals surface area contributed by atoms with Crippen molar-refractivity contribution >= 4 is 11.6 Å². The van der Waals surface area contributed by atoms with Gasteiger partial charge < -0.3 is 24.4 Å². The average molecular weight is 382 g/mol. The summed E-state index contributed by atoms with van der Waals surface area (Å²) in [6.07, 6.45) is 3.21. The molecular formula is C18H20F2N2O5. The number of amides is 1. The van der Waals surface area contributed by atoms with E-state index in [9.17, 15) is 13.6 Å². The van der Waals surface area contributed by atoms with E-state index < -0.39 is 12.2 Å². The molecule has 9 heteroatoms. The van der Waals surface area contributed by atoms with Crippen LogP contribution in [0, 0.1) is 0 Å². The smallest absolute Gasteiger partial charge is 0.387 e. The van der Waals surface area contributed by atoms with Gasteiger partial charge in [0.15, 0.2) is 23.7 Å². The maximum absolute atomic E-state index is 12.7. The first-order chi connectivity index (χ1) is 13.0. The molecule has 4 rings (SSSR count). The molecule has 0 radical (unpaired) electrons. The Morgan fingerprint density at radius 1 is 1.37 bits per heavy atom. The fraction of sp³-hybridized carbons (Fsp3) is 0.556. The quantitative estimate of drug-likeness (QED) is 0.783. The SMILES string of the molecule is O=C(COc1cc(C2=NOC3(CCOC3)C2)ccc1OC(F)F)NC1CC1. The predicted molar refractivity (Wildman–Crippen MR) is 90.1 cm³/mol.